The number of methoxy groups -OCH3 is 2. The first-order valence-electron chi connectivity index (χ1n) is 6.99. The van der Waals surface area contributed by atoms with E-state index in [4.69, 9.17) is 9.47 Å². The van der Waals surface area contributed by atoms with Gasteiger partial charge in [-0.25, -0.2) is 0 Å². The third-order valence-corrected chi connectivity index (χ3v) is 3.39. The third kappa shape index (κ3) is 7.02. The molecule has 0 aromatic heterocycles. The number of aliphatic hydroxyl groups is 1. The Morgan fingerprint density at radius 3 is 2.38 bits per heavy atom. The van der Waals surface area contributed by atoms with Crippen molar-refractivity contribution in [3.8, 4) is 11.5 Å². The van der Waals surface area contributed by atoms with Gasteiger partial charge in [-0.3, -0.25) is 0 Å². The molecule has 1 aromatic rings. The fourth-order valence-electron chi connectivity index (χ4n) is 1.64. The van der Waals surface area contributed by atoms with Crippen LogP contribution in [-0.2, 0) is 0 Å². The van der Waals surface area contributed by atoms with Crippen LogP contribution in [0, 0.1) is 0 Å². The van der Waals surface area contributed by atoms with Gasteiger partial charge >= 0.3 is 0 Å². The molecule has 0 aliphatic rings. The second-order valence-electron chi connectivity index (χ2n) is 4.22. The number of hydrogen-bond acceptors (Lipinski definition) is 5. The highest BCUT2D eigenvalue weighted by molar-refractivity contribution is 7.94. The zero-order valence-electron chi connectivity index (χ0n) is 13.4. The Balaban J connectivity index is 0.00000191. The summed E-state index contributed by atoms with van der Waals surface area (Å²) in [5.41, 5.74) is 0.727. The first-order valence-corrected chi connectivity index (χ1v) is 7.87. The molecule has 2 atom stereocenters. The van der Waals surface area contributed by atoms with E-state index in [1.165, 1.54) is 0 Å². The quantitative estimate of drug-likeness (QED) is 0.769. The maximum Gasteiger partial charge on any atom is 0.161 e. The molecule has 2 unspecified atom stereocenters. The minimum Gasteiger partial charge on any atom is -0.493 e. The summed E-state index contributed by atoms with van der Waals surface area (Å²) < 4.78 is 22.4. The van der Waals surface area contributed by atoms with Gasteiger partial charge in [-0.15, -0.1) is 0 Å². The van der Waals surface area contributed by atoms with Crippen molar-refractivity contribution < 1.29 is 18.5 Å². The average Bonchev–Trinajstić information content (AvgIpc) is 2.54. The van der Waals surface area contributed by atoms with Crippen LogP contribution in [0.5, 0.6) is 11.5 Å². The minimum absolute atomic E-state index is 0.00444. The molecule has 4 nitrogen and oxygen atoms in total. The molecule has 0 amide bonds. The molecule has 1 aromatic carbocycles. The molecule has 0 saturated heterocycles. The molecule has 0 aliphatic carbocycles. The lowest BCUT2D eigenvalue weighted by atomic mass is 10.1. The fourth-order valence-corrected chi connectivity index (χ4v) is 1.95. The van der Waals surface area contributed by atoms with E-state index >= 15 is 0 Å². The van der Waals surface area contributed by atoms with Gasteiger partial charge in [0.05, 0.1) is 20.3 Å². The van der Waals surface area contributed by atoms with Crippen molar-refractivity contribution in [2.45, 2.75) is 32.9 Å². The molecule has 0 saturated carbocycles. The maximum atomic E-state index is 12.1. The van der Waals surface area contributed by atoms with Crippen molar-refractivity contribution in [3.05, 3.63) is 23.8 Å². The van der Waals surface area contributed by atoms with Crippen LogP contribution in [0.2, 0.25) is 0 Å². The van der Waals surface area contributed by atoms with Crippen LogP contribution in [-0.4, -0.2) is 37.7 Å². The molecule has 2 N–H and O–H groups in total. The maximum absolute atomic E-state index is 12.1. The van der Waals surface area contributed by atoms with Crippen molar-refractivity contribution in [3.63, 3.8) is 0 Å². The van der Waals surface area contributed by atoms with E-state index in [9.17, 15) is 8.99 Å². The Kier molecular flexibility index (Phi) is 11.1. The van der Waals surface area contributed by atoms with Crippen LogP contribution in [0.4, 0.5) is 3.89 Å². The molecule has 0 aliphatic heterocycles. The Morgan fingerprint density at radius 1 is 1.24 bits per heavy atom. The van der Waals surface area contributed by atoms with Gasteiger partial charge in [0.25, 0.3) is 0 Å². The molecule has 122 valence electrons. The Morgan fingerprint density at radius 2 is 1.86 bits per heavy atom. The predicted octanol–water partition coefficient (Wildman–Crippen LogP) is 3.36. The summed E-state index contributed by atoms with van der Waals surface area (Å²) in [4.78, 5) is 0. The van der Waals surface area contributed by atoms with Gasteiger partial charge in [-0.2, -0.15) is 3.89 Å². The predicted molar refractivity (Wildman–Crippen MR) is 86.9 cm³/mol. The molecule has 0 bridgehead atoms. The second-order valence-corrected chi connectivity index (χ2v) is 4.77. The van der Waals surface area contributed by atoms with Gasteiger partial charge in [-0.1, -0.05) is 19.9 Å². The second kappa shape index (κ2) is 11.7. The summed E-state index contributed by atoms with van der Waals surface area (Å²) in [7, 11) is 3.11. The van der Waals surface area contributed by atoms with Crippen LogP contribution < -0.4 is 14.8 Å². The van der Waals surface area contributed by atoms with Gasteiger partial charge in [0.2, 0.25) is 0 Å². The fraction of sp³-hybridized carbons (Fsp3) is 0.600. The van der Waals surface area contributed by atoms with Crippen LogP contribution in [0.25, 0.3) is 0 Å². The van der Waals surface area contributed by atoms with Crippen molar-refractivity contribution >= 4 is 12.1 Å². The smallest absolute Gasteiger partial charge is 0.161 e. The highest BCUT2D eigenvalue weighted by atomic mass is 32.2. The standard InChI is InChI=1S/C13H20FNO3S.C2H6/c1-9(8-19-14)15-7-11(16)10-4-5-12(17-2)13(6-10)18-3;1-2/h4-6,9,11,15-16H,7-8H2,1-3H3;1-2H3. The van der Waals surface area contributed by atoms with Gasteiger partial charge in [0.15, 0.2) is 11.5 Å². The van der Waals surface area contributed by atoms with Crippen LogP contribution >= 0.6 is 12.1 Å². The largest absolute Gasteiger partial charge is 0.493 e. The summed E-state index contributed by atoms with van der Waals surface area (Å²) in [6, 6.07) is 5.27. The van der Waals surface area contributed by atoms with Crippen LogP contribution in [0.15, 0.2) is 18.2 Å². The van der Waals surface area contributed by atoms with E-state index in [1.54, 1.807) is 32.4 Å². The molecule has 0 radical (unpaired) electrons. The third-order valence-electron chi connectivity index (χ3n) is 2.77. The lowest BCUT2D eigenvalue weighted by molar-refractivity contribution is 0.171. The van der Waals surface area contributed by atoms with Crippen LogP contribution in [0.1, 0.15) is 32.4 Å². The van der Waals surface area contributed by atoms with Gasteiger partial charge < -0.3 is 19.9 Å². The van der Waals surface area contributed by atoms with Gasteiger partial charge in [0, 0.05) is 30.5 Å². The van der Waals surface area contributed by atoms with E-state index in [-0.39, 0.29) is 18.2 Å². The van der Waals surface area contributed by atoms with Gasteiger partial charge in [-0.05, 0) is 24.6 Å². The highest BCUT2D eigenvalue weighted by Gasteiger charge is 2.12. The molecule has 0 spiro atoms. The topological polar surface area (TPSA) is 50.7 Å². The van der Waals surface area contributed by atoms with E-state index < -0.39 is 6.10 Å². The lowest BCUT2D eigenvalue weighted by Crippen LogP contribution is -2.31. The molecule has 21 heavy (non-hydrogen) atoms. The number of nitrogens with one attached hydrogen (secondary N) is 1. The van der Waals surface area contributed by atoms with Crippen molar-refractivity contribution in [2.75, 3.05) is 26.5 Å². The number of halogens is 1. The first-order chi connectivity index (χ1) is 10.1. The molecule has 0 fully saturated rings. The summed E-state index contributed by atoms with van der Waals surface area (Å²) >= 11 is 0.288. The minimum atomic E-state index is -0.674. The van der Waals surface area contributed by atoms with E-state index in [1.807, 2.05) is 20.8 Å². The zero-order chi connectivity index (χ0) is 16.3. The number of hydrogen-bond donors (Lipinski definition) is 2. The SMILES string of the molecule is CC.COc1ccc(C(O)CNC(C)CSF)cc1OC. The monoisotopic (exact) mass is 319 g/mol. The van der Waals surface area contributed by atoms with Crippen molar-refractivity contribution in [2.24, 2.45) is 0 Å². The Labute approximate surface area is 131 Å². The molecule has 0 heterocycles. The molecule has 1 rings (SSSR count). The van der Waals surface area contributed by atoms with Gasteiger partial charge in [0.1, 0.15) is 0 Å². The number of aliphatic hydroxyl groups excluding tert-OH is 1. The Hall–Kier alpha value is -0.980. The zero-order valence-corrected chi connectivity index (χ0v) is 14.2. The van der Waals surface area contributed by atoms with E-state index in [0.29, 0.717) is 23.8 Å². The summed E-state index contributed by atoms with van der Waals surface area (Å²) in [5, 5.41) is 13.1. The van der Waals surface area contributed by atoms with E-state index in [2.05, 4.69) is 5.32 Å². The van der Waals surface area contributed by atoms with Crippen molar-refractivity contribution in [1.29, 1.82) is 0 Å². The lowest BCUT2D eigenvalue weighted by Gasteiger charge is -2.17. The highest BCUT2D eigenvalue weighted by Crippen LogP contribution is 2.29. The normalized spacial score (nSPS) is 12.9. The molecular formula is C15H26FNO3S. The number of benzene rings is 1. The first kappa shape index (κ1) is 20.0. The Bertz CT molecular complexity index is 393. The number of rotatable bonds is 8. The summed E-state index contributed by atoms with van der Waals surface area (Å²) in [6.45, 7) is 6.23. The summed E-state index contributed by atoms with van der Waals surface area (Å²) in [5.74, 6) is 1.55. The van der Waals surface area contributed by atoms with Crippen LogP contribution in [0.3, 0.4) is 0 Å². The average molecular weight is 319 g/mol. The van der Waals surface area contributed by atoms with E-state index in [0.717, 1.165) is 5.56 Å². The molecular weight excluding hydrogens is 293 g/mol. The number of ether oxygens (including phenoxy) is 2. The van der Waals surface area contributed by atoms with Crippen molar-refractivity contribution in [1.82, 2.24) is 5.32 Å². The molecule has 6 heteroatoms. The summed E-state index contributed by atoms with van der Waals surface area (Å²) in [6.07, 6.45) is -0.674.